The van der Waals surface area contributed by atoms with E-state index in [0.29, 0.717) is 5.69 Å². The van der Waals surface area contributed by atoms with Crippen LogP contribution < -0.4 is 11.1 Å². The Morgan fingerprint density at radius 3 is 3.05 bits per heavy atom. The van der Waals surface area contributed by atoms with E-state index >= 15 is 0 Å². The molecule has 0 atom stereocenters. The minimum Gasteiger partial charge on any atom is -0.409 e. The van der Waals surface area contributed by atoms with E-state index in [0.717, 1.165) is 37.8 Å². The number of nitrogens with one attached hydrogen (secondary N) is 1. The normalized spacial score (nSPS) is 15.8. The van der Waals surface area contributed by atoms with Crippen LogP contribution in [0, 0.1) is 0 Å². The van der Waals surface area contributed by atoms with Crippen molar-refractivity contribution < 1.29 is 5.21 Å². The predicted molar refractivity (Wildman–Crippen MR) is 78.7 cm³/mol. The smallest absolute Gasteiger partial charge is 0.188 e. The lowest BCUT2D eigenvalue weighted by Gasteiger charge is -2.19. The molecule has 1 saturated carbocycles. The number of hydrogen-bond acceptors (Lipinski definition) is 5. The van der Waals surface area contributed by atoms with E-state index in [1.54, 1.807) is 6.20 Å². The Hall–Kier alpha value is -1.66. The lowest BCUT2D eigenvalue weighted by atomic mass is 10.2. The topological polar surface area (TPSA) is 86.8 Å². The van der Waals surface area contributed by atoms with Gasteiger partial charge in [-0.15, -0.1) is 0 Å². The molecule has 0 unspecified atom stereocenters. The van der Waals surface area contributed by atoms with Crippen molar-refractivity contribution in [2.24, 2.45) is 10.9 Å². The van der Waals surface area contributed by atoms with Gasteiger partial charge in [0.25, 0.3) is 0 Å². The summed E-state index contributed by atoms with van der Waals surface area (Å²) < 4.78 is 0. The predicted octanol–water partition coefficient (Wildman–Crippen LogP) is 0.750. The standard InChI is InChI=1S/C14H23N5O/c1-2-19(12-3-4-12)8-7-16-10-11-5-6-17-13(9-11)14(15)18-20/h5-6,9,12,16,20H,2-4,7-8,10H2,1H3,(H2,15,18). The van der Waals surface area contributed by atoms with Crippen molar-refractivity contribution in [3.8, 4) is 0 Å². The van der Waals surface area contributed by atoms with Crippen LogP contribution in [0.15, 0.2) is 23.5 Å². The van der Waals surface area contributed by atoms with Gasteiger partial charge in [-0.1, -0.05) is 12.1 Å². The lowest BCUT2D eigenvalue weighted by molar-refractivity contribution is 0.277. The zero-order valence-corrected chi connectivity index (χ0v) is 11.9. The van der Waals surface area contributed by atoms with E-state index < -0.39 is 0 Å². The number of hydrogen-bond donors (Lipinski definition) is 3. The van der Waals surface area contributed by atoms with E-state index in [1.807, 2.05) is 12.1 Å². The molecule has 6 heteroatoms. The van der Waals surface area contributed by atoms with Crippen molar-refractivity contribution in [2.45, 2.75) is 32.4 Å². The molecule has 1 heterocycles. The SMILES string of the molecule is CCN(CCNCc1ccnc(/C(N)=N/O)c1)C1CC1. The molecule has 0 bridgehead atoms. The molecular weight excluding hydrogens is 254 g/mol. The Bertz CT molecular complexity index is 459. The van der Waals surface area contributed by atoms with E-state index in [9.17, 15) is 0 Å². The first kappa shape index (κ1) is 14.7. The Kier molecular flexibility index (Phi) is 5.31. The van der Waals surface area contributed by atoms with E-state index in [-0.39, 0.29) is 5.84 Å². The van der Waals surface area contributed by atoms with Crippen LogP contribution in [0.3, 0.4) is 0 Å². The molecule has 1 aliphatic rings. The highest BCUT2D eigenvalue weighted by molar-refractivity contribution is 5.95. The van der Waals surface area contributed by atoms with Gasteiger partial charge in [0.05, 0.1) is 0 Å². The molecule has 1 fully saturated rings. The van der Waals surface area contributed by atoms with Gasteiger partial charge in [-0.3, -0.25) is 9.88 Å². The number of amidine groups is 1. The van der Waals surface area contributed by atoms with E-state index in [1.165, 1.54) is 12.8 Å². The Morgan fingerprint density at radius 1 is 1.60 bits per heavy atom. The van der Waals surface area contributed by atoms with Crippen LogP contribution in [0.4, 0.5) is 0 Å². The van der Waals surface area contributed by atoms with Crippen molar-refractivity contribution in [1.82, 2.24) is 15.2 Å². The third-order valence-corrected chi connectivity index (χ3v) is 3.57. The molecule has 6 nitrogen and oxygen atoms in total. The van der Waals surface area contributed by atoms with Gasteiger partial charge in [0.1, 0.15) is 5.69 Å². The zero-order valence-electron chi connectivity index (χ0n) is 11.9. The Morgan fingerprint density at radius 2 is 2.40 bits per heavy atom. The number of nitrogens with two attached hydrogens (primary N) is 1. The molecule has 0 amide bonds. The summed E-state index contributed by atoms with van der Waals surface area (Å²) in [4.78, 5) is 6.57. The van der Waals surface area contributed by atoms with Crippen LogP contribution in [-0.4, -0.2) is 46.6 Å². The molecule has 4 N–H and O–H groups in total. The summed E-state index contributed by atoms with van der Waals surface area (Å²) in [6, 6.07) is 4.58. The second-order valence-corrected chi connectivity index (χ2v) is 5.07. The van der Waals surface area contributed by atoms with Gasteiger partial charge in [0.15, 0.2) is 5.84 Å². The first-order valence-corrected chi connectivity index (χ1v) is 7.12. The van der Waals surface area contributed by atoms with Gasteiger partial charge in [0.2, 0.25) is 0 Å². The summed E-state index contributed by atoms with van der Waals surface area (Å²) in [6.07, 6.45) is 4.37. The van der Waals surface area contributed by atoms with Gasteiger partial charge in [-0.05, 0) is 37.1 Å². The number of aromatic nitrogens is 1. The van der Waals surface area contributed by atoms with Crippen LogP contribution in [0.5, 0.6) is 0 Å². The van der Waals surface area contributed by atoms with Crippen molar-refractivity contribution in [2.75, 3.05) is 19.6 Å². The zero-order chi connectivity index (χ0) is 14.4. The molecule has 0 radical (unpaired) electrons. The van der Waals surface area contributed by atoms with Gasteiger partial charge < -0.3 is 16.3 Å². The molecule has 20 heavy (non-hydrogen) atoms. The Balaban J connectivity index is 1.76. The average Bonchev–Trinajstić information content (AvgIpc) is 3.31. The lowest BCUT2D eigenvalue weighted by Crippen LogP contribution is -2.33. The summed E-state index contributed by atoms with van der Waals surface area (Å²) >= 11 is 0. The fraction of sp³-hybridized carbons (Fsp3) is 0.571. The number of nitrogens with zero attached hydrogens (tertiary/aromatic N) is 3. The summed E-state index contributed by atoms with van der Waals surface area (Å²) in [5.74, 6) is 0.0396. The second-order valence-electron chi connectivity index (χ2n) is 5.07. The van der Waals surface area contributed by atoms with Crippen LogP contribution in [0.1, 0.15) is 31.0 Å². The van der Waals surface area contributed by atoms with Gasteiger partial charge in [-0.2, -0.15) is 0 Å². The van der Waals surface area contributed by atoms with Crippen molar-refractivity contribution in [3.05, 3.63) is 29.6 Å². The molecule has 0 saturated heterocycles. The first-order chi connectivity index (χ1) is 9.74. The number of oxime groups is 1. The molecule has 1 aliphatic carbocycles. The van der Waals surface area contributed by atoms with Crippen molar-refractivity contribution in [1.29, 1.82) is 0 Å². The summed E-state index contributed by atoms with van der Waals surface area (Å²) in [5.41, 5.74) is 7.11. The van der Waals surface area contributed by atoms with E-state index in [4.69, 9.17) is 10.9 Å². The monoisotopic (exact) mass is 277 g/mol. The maximum atomic E-state index is 8.64. The molecular formula is C14H23N5O. The molecule has 1 aromatic rings. The van der Waals surface area contributed by atoms with E-state index in [2.05, 4.69) is 27.3 Å². The highest BCUT2D eigenvalue weighted by Gasteiger charge is 2.26. The molecule has 0 aliphatic heterocycles. The fourth-order valence-electron chi connectivity index (χ4n) is 2.27. The Labute approximate surface area is 119 Å². The average molecular weight is 277 g/mol. The summed E-state index contributed by atoms with van der Waals surface area (Å²) in [5, 5.41) is 15.0. The summed E-state index contributed by atoms with van der Waals surface area (Å²) in [6.45, 7) is 6.14. The first-order valence-electron chi connectivity index (χ1n) is 7.12. The molecule has 110 valence electrons. The largest absolute Gasteiger partial charge is 0.409 e. The van der Waals surface area contributed by atoms with Crippen LogP contribution >= 0.6 is 0 Å². The maximum Gasteiger partial charge on any atom is 0.188 e. The number of rotatable bonds is 8. The third-order valence-electron chi connectivity index (χ3n) is 3.57. The maximum absolute atomic E-state index is 8.64. The molecule has 0 spiro atoms. The highest BCUT2D eigenvalue weighted by Crippen LogP contribution is 2.25. The fourth-order valence-corrected chi connectivity index (χ4v) is 2.27. The van der Waals surface area contributed by atoms with Crippen molar-refractivity contribution in [3.63, 3.8) is 0 Å². The highest BCUT2D eigenvalue weighted by atomic mass is 16.4. The van der Waals surface area contributed by atoms with Gasteiger partial charge in [0, 0.05) is 31.9 Å². The minimum absolute atomic E-state index is 0.0396. The third kappa shape index (κ3) is 4.18. The number of pyridine rings is 1. The molecule has 2 rings (SSSR count). The molecule has 1 aromatic heterocycles. The summed E-state index contributed by atoms with van der Waals surface area (Å²) in [7, 11) is 0. The van der Waals surface area contributed by atoms with Gasteiger partial charge in [-0.25, -0.2) is 0 Å². The van der Waals surface area contributed by atoms with Crippen LogP contribution in [0.2, 0.25) is 0 Å². The van der Waals surface area contributed by atoms with Gasteiger partial charge >= 0.3 is 0 Å². The second kappa shape index (κ2) is 7.21. The minimum atomic E-state index is 0.0396. The molecule has 0 aromatic carbocycles. The quantitative estimate of drug-likeness (QED) is 0.215. The van der Waals surface area contributed by atoms with Crippen LogP contribution in [0.25, 0.3) is 0 Å². The van der Waals surface area contributed by atoms with Crippen LogP contribution in [-0.2, 0) is 6.54 Å². The van der Waals surface area contributed by atoms with Crippen molar-refractivity contribution >= 4 is 5.84 Å². The number of likely N-dealkylation sites (N-methyl/N-ethyl adjacent to an activating group) is 1.